The summed E-state index contributed by atoms with van der Waals surface area (Å²) >= 11 is 0. The maximum absolute atomic E-state index is 12.4. The first-order chi connectivity index (χ1) is 11.8. The minimum absolute atomic E-state index is 0.0601. The number of likely N-dealkylation sites (N-methyl/N-ethyl adjacent to an activating group) is 2. The molecule has 1 fully saturated rings. The molecule has 1 N–H and O–H groups in total. The first-order valence-corrected chi connectivity index (χ1v) is 9.98. The van der Waals surface area contributed by atoms with E-state index in [1.54, 1.807) is 42.3 Å². The molecule has 0 radical (unpaired) electrons. The molecule has 2 amide bonds. The molecule has 0 bridgehead atoms. The number of carbonyl (C=O) groups excluding carboxylic acids is 2. The summed E-state index contributed by atoms with van der Waals surface area (Å²) in [4.78, 5) is 28.1. The van der Waals surface area contributed by atoms with Gasteiger partial charge >= 0.3 is 0 Å². The smallest absolute Gasteiger partial charge is 0.238 e. The quantitative estimate of drug-likeness (QED) is 0.772. The molecule has 1 aromatic carbocycles. The van der Waals surface area contributed by atoms with Gasteiger partial charge in [-0.3, -0.25) is 14.5 Å². The second-order valence-electron chi connectivity index (χ2n) is 6.19. The van der Waals surface area contributed by atoms with E-state index in [1.165, 1.54) is 0 Å². The molecule has 0 saturated carbocycles. The Hall–Kier alpha value is -1.93. The lowest BCUT2D eigenvalue weighted by molar-refractivity contribution is -0.137. The van der Waals surface area contributed by atoms with Crippen molar-refractivity contribution in [3.63, 3.8) is 0 Å². The summed E-state index contributed by atoms with van der Waals surface area (Å²) in [6.07, 6.45) is 0.434. The molecule has 1 heterocycles. The summed E-state index contributed by atoms with van der Waals surface area (Å²) in [5, 5.41) is 2.61. The van der Waals surface area contributed by atoms with Crippen LogP contribution in [0.4, 0.5) is 0 Å². The van der Waals surface area contributed by atoms with Gasteiger partial charge in [0.15, 0.2) is 9.84 Å². The van der Waals surface area contributed by atoms with Gasteiger partial charge in [-0.25, -0.2) is 8.42 Å². The highest BCUT2D eigenvalue weighted by atomic mass is 32.2. The zero-order valence-corrected chi connectivity index (χ0v) is 15.5. The van der Waals surface area contributed by atoms with Gasteiger partial charge in [-0.1, -0.05) is 18.2 Å². The molecule has 0 aliphatic carbocycles. The highest BCUT2D eigenvalue weighted by Gasteiger charge is 2.31. The van der Waals surface area contributed by atoms with Crippen LogP contribution < -0.4 is 5.32 Å². The van der Waals surface area contributed by atoms with Crippen molar-refractivity contribution in [2.75, 3.05) is 39.5 Å². The van der Waals surface area contributed by atoms with Crippen LogP contribution in [0.15, 0.2) is 35.2 Å². The van der Waals surface area contributed by atoms with Gasteiger partial charge in [0.25, 0.3) is 0 Å². The largest absolute Gasteiger partial charge is 0.358 e. The molecule has 1 unspecified atom stereocenters. The number of hydrogen-bond acceptors (Lipinski definition) is 5. The summed E-state index contributed by atoms with van der Waals surface area (Å²) in [5.74, 6) is -0.285. The third-order valence-electron chi connectivity index (χ3n) is 4.46. The maximum Gasteiger partial charge on any atom is 0.238 e. The van der Waals surface area contributed by atoms with Crippen LogP contribution in [0.2, 0.25) is 0 Å². The summed E-state index contributed by atoms with van der Waals surface area (Å²) in [6.45, 7) is 1.50. The van der Waals surface area contributed by atoms with Crippen molar-refractivity contribution in [1.29, 1.82) is 0 Å². The fourth-order valence-corrected chi connectivity index (χ4v) is 4.20. The molecular weight excluding hydrogens is 342 g/mol. The fourth-order valence-electron chi connectivity index (χ4n) is 2.87. The third-order valence-corrected chi connectivity index (χ3v) is 6.27. The number of hydrogen-bond donors (Lipinski definition) is 1. The molecule has 1 aliphatic heterocycles. The van der Waals surface area contributed by atoms with Crippen LogP contribution in [0.5, 0.6) is 0 Å². The van der Waals surface area contributed by atoms with E-state index in [-0.39, 0.29) is 41.3 Å². The monoisotopic (exact) mass is 367 g/mol. The van der Waals surface area contributed by atoms with Crippen molar-refractivity contribution in [3.05, 3.63) is 30.3 Å². The predicted molar refractivity (Wildman–Crippen MR) is 94.8 cm³/mol. The van der Waals surface area contributed by atoms with Gasteiger partial charge in [-0.2, -0.15) is 0 Å². The van der Waals surface area contributed by atoms with Gasteiger partial charge < -0.3 is 10.2 Å². The Labute approximate surface area is 148 Å². The number of rotatable bonds is 6. The van der Waals surface area contributed by atoms with E-state index in [1.807, 2.05) is 11.9 Å². The summed E-state index contributed by atoms with van der Waals surface area (Å²) in [7, 11) is 0.0634. The molecule has 138 valence electrons. The number of piperazine rings is 1. The number of sulfone groups is 1. The first-order valence-electron chi connectivity index (χ1n) is 8.32. The Morgan fingerprint density at radius 2 is 1.88 bits per heavy atom. The number of amides is 2. The molecule has 2 rings (SSSR count). The molecule has 1 aliphatic rings. The topological polar surface area (TPSA) is 86.8 Å². The number of nitrogens with zero attached hydrogens (tertiary/aromatic N) is 2. The van der Waals surface area contributed by atoms with Gasteiger partial charge in [0.2, 0.25) is 11.8 Å². The molecule has 1 aromatic rings. The van der Waals surface area contributed by atoms with E-state index < -0.39 is 9.84 Å². The van der Waals surface area contributed by atoms with E-state index >= 15 is 0 Å². The number of benzene rings is 1. The Kier molecular flexibility index (Phi) is 6.55. The lowest BCUT2D eigenvalue weighted by atomic mass is 10.1. The van der Waals surface area contributed by atoms with Gasteiger partial charge in [0.05, 0.1) is 10.6 Å². The maximum atomic E-state index is 12.4. The van der Waals surface area contributed by atoms with E-state index in [4.69, 9.17) is 0 Å². The minimum atomic E-state index is -3.37. The molecular formula is C17H25N3O4S. The Morgan fingerprint density at radius 3 is 2.52 bits per heavy atom. The van der Waals surface area contributed by atoms with Gasteiger partial charge in [-0.05, 0) is 25.6 Å². The molecule has 1 saturated heterocycles. The zero-order valence-electron chi connectivity index (χ0n) is 14.6. The van der Waals surface area contributed by atoms with Crippen LogP contribution in [-0.4, -0.2) is 75.6 Å². The Bertz CT molecular complexity index is 706. The molecule has 0 aromatic heterocycles. The van der Waals surface area contributed by atoms with E-state index in [9.17, 15) is 18.0 Å². The lowest BCUT2D eigenvalue weighted by Gasteiger charge is -2.38. The highest BCUT2D eigenvalue weighted by molar-refractivity contribution is 7.91. The number of carbonyl (C=O) groups is 2. The van der Waals surface area contributed by atoms with Crippen molar-refractivity contribution in [2.24, 2.45) is 0 Å². The summed E-state index contributed by atoms with van der Waals surface area (Å²) in [6, 6.07) is 7.88. The Morgan fingerprint density at radius 1 is 1.20 bits per heavy atom. The van der Waals surface area contributed by atoms with Crippen molar-refractivity contribution in [3.8, 4) is 0 Å². The fraction of sp³-hybridized carbons (Fsp3) is 0.529. The van der Waals surface area contributed by atoms with Crippen molar-refractivity contribution >= 4 is 21.7 Å². The van der Waals surface area contributed by atoms with Crippen molar-refractivity contribution in [1.82, 2.24) is 15.1 Å². The average molecular weight is 367 g/mol. The SMILES string of the molecule is CNC(=O)C1CN(C(=O)CCCS(=O)(=O)c2ccccc2)CCN1C. The standard InChI is InChI=1S/C17H25N3O4S/c1-18-17(22)15-13-20(11-10-19(15)2)16(21)9-6-12-25(23,24)14-7-4-3-5-8-14/h3-5,7-8,15H,6,9-13H2,1-2H3,(H,18,22). The zero-order chi connectivity index (χ0) is 18.4. The van der Waals surface area contributed by atoms with Crippen LogP contribution in [-0.2, 0) is 19.4 Å². The molecule has 1 atom stereocenters. The van der Waals surface area contributed by atoms with Crippen LogP contribution in [0, 0.1) is 0 Å². The van der Waals surface area contributed by atoms with Gasteiger partial charge in [0.1, 0.15) is 6.04 Å². The Balaban J connectivity index is 1.87. The van der Waals surface area contributed by atoms with Crippen LogP contribution >= 0.6 is 0 Å². The molecule has 0 spiro atoms. The number of nitrogens with one attached hydrogen (secondary N) is 1. The summed E-state index contributed by atoms with van der Waals surface area (Å²) in [5.41, 5.74) is 0. The molecule has 8 heteroatoms. The second-order valence-corrected chi connectivity index (χ2v) is 8.30. The second kappa shape index (κ2) is 8.44. The van der Waals surface area contributed by atoms with Gasteiger partial charge in [0, 0.05) is 33.1 Å². The van der Waals surface area contributed by atoms with Gasteiger partial charge in [-0.15, -0.1) is 0 Å². The van der Waals surface area contributed by atoms with Crippen LogP contribution in [0.1, 0.15) is 12.8 Å². The van der Waals surface area contributed by atoms with E-state index in [0.29, 0.717) is 19.6 Å². The third kappa shape index (κ3) is 5.02. The van der Waals surface area contributed by atoms with Crippen LogP contribution in [0.25, 0.3) is 0 Å². The first kappa shape index (κ1) is 19.4. The normalized spacial score (nSPS) is 18.8. The van der Waals surface area contributed by atoms with E-state index in [2.05, 4.69) is 5.32 Å². The average Bonchev–Trinajstić information content (AvgIpc) is 2.62. The van der Waals surface area contributed by atoms with Crippen molar-refractivity contribution in [2.45, 2.75) is 23.8 Å². The summed E-state index contributed by atoms with van der Waals surface area (Å²) < 4.78 is 24.5. The van der Waals surface area contributed by atoms with Crippen molar-refractivity contribution < 1.29 is 18.0 Å². The lowest BCUT2D eigenvalue weighted by Crippen LogP contribution is -2.58. The van der Waals surface area contributed by atoms with Crippen LogP contribution in [0.3, 0.4) is 0 Å². The molecule has 7 nitrogen and oxygen atoms in total. The van der Waals surface area contributed by atoms with E-state index in [0.717, 1.165) is 0 Å². The highest BCUT2D eigenvalue weighted by Crippen LogP contribution is 2.14. The predicted octanol–water partition coefficient (Wildman–Crippen LogP) is 0.129. The molecule has 25 heavy (non-hydrogen) atoms. The minimum Gasteiger partial charge on any atom is -0.358 e.